The Balaban J connectivity index is 3.46. The lowest BCUT2D eigenvalue weighted by atomic mass is 9.78. The Hall–Kier alpha value is -0.985. The van der Waals surface area contributed by atoms with Gasteiger partial charge in [0.15, 0.2) is 0 Å². The summed E-state index contributed by atoms with van der Waals surface area (Å²) in [5.41, 5.74) is 2.16. The molecule has 0 fully saturated rings. The van der Waals surface area contributed by atoms with Crippen LogP contribution in [0, 0.1) is 0 Å². The van der Waals surface area contributed by atoms with Gasteiger partial charge in [-0.25, -0.2) is 0 Å². The average molecular weight is 146 g/mol. The van der Waals surface area contributed by atoms with Gasteiger partial charge in [-0.1, -0.05) is 6.07 Å². The smallest absolute Gasteiger partial charge is 0.149 e. The molecule has 0 atom stereocenters. The van der Waals surface area contributed by atoms with Crippen molar-refractivity contribution >= 4 is 39.9 Å². The fourth-order valence-electron chi connectivity index (χ4n) is 1.17. The second-order valence-electron chi connectivity index (χ2n) is 2.83. The van der Waals surface area contributed by atoms with Crippen LogP contribution in [0.4, 0.5) is 0 Å². The predicted molar refractivity (Wildman–Crippen MR) is 54.3 cm³/mol. The molecule has 1 rings (SSSR count). The molecule has 1 aromatic carbocycles. The molecule has 0 aliphatic heterocycles. The van der Waals surface area contributed by atoms with E-state index in [1.807, 2.05) is 15.7 Å². The highest BCUT2D eigenvalue weighted by molar-refractivity contribution is 6.47. The molecule has 11 heavy (non-hydrogen) atoms. The molecule has 0 saturated heterocycles. The molecule has 0 radical (unpaired) electrons. The summed E-state index contributed by atoms with van der Waals surface area (Å²) in [6, 6.07) is 1.76. The zero-order valence-electron chi connectivity index (χ0n) is 6.97. The van der Waals surface area contributed by atoms with Crippen molar-refractivity contribution in [1.82, 2.24) is 0 Å². The second-order valence-corrected chi connectivity index (χ2v) is 2.83. The third-order valence-corrected chi connectivity index (χ3v) is 1.89. The highest BCUT2D eigenvalue weighted by Crippen LogP contribution is 2.05. The molecule has 0 amide bonds. The lowest BCUT2D eigenvalue weighted by Crippen LogP contribution is -2.24. The van der Waals surface area contributed by atoms with Gasteiger partial charge in [0, 0.05) is 0 Å². The lowest BCUT2D eigenvalue weighted by Gasteiger charge is -2.08. The van der Waals surface area contributed by atoms with Gasteiger partial charge in [-0.05, 0) is 16.4 Å². The number of phenols is 2. The Morgan fingerprint density at radius 2 is 1.27 bits per heavy atom. The van der Waals surface area contributed by atoms with E-state index < -0.39 is 0 Å². The van der Waals surface area contributed by atoms with Crippen LogP contribution in [0.5, 0.6) is 11.5 Å². The van der Waals surface area contributed by atoms with Gasteiger partial charge in [-0.2, -0.15) is 0 Å². The van der Waals surface area contributed by atoms with Crippen LogP contribution in [0.1, 0.15) is 0 Å². The van der Waals surface area contributed by atoms with E-state index in [0.717, 1.165) is 10.9 Å². The van der Waals surface area contributed by atoms with E-state index in [0.29, 0.717) is 5.46 Å². The van der Waals surface area contributed by atoms with Crippen LogP contribution in [0.3, 0.4) is 0 Å². The highest BCUT2D eigenvalue weighted by atomic mass is 16.3. The highest BCUT2D eigenvalue weighted by Gasteiger charge is 2.06. The van der Waals surface area contributed by atoms with E-state index >= 15 is 0 Å². The van der Waals surface area contributed by atoms with E-state index in [2.05, 4.69) is 0 Å². The standard InChI is InChI=1S/C6H9B3O2/c7-2-1-3(8)6(11)4(9)5(2)10/h1,10-11H,7-9H2. The average Bonchev–Trinajstić information content (AvgIpc) is 1.97. The third-order valence-electron chi connectivity index (χ3n) is 1.89. The fourth-order valence-corrected chi connectivity index (χ4v) is 1.17. The topological polar surface area (TPSA) is 40.5 Å². The van der Waals surface area contributed by atoms with Gasteiger partial charge in [0.1, 0.15) is 35.0 Å². The van der Waals surface area contributed by atoms with Crippen LogP contribution in [0.25, 0.3) is 0 Å². The van der Waals surface area contributed by atoms with Gasteiger partial charge in [0.05, 0.1) is 0 Å². The van der Waals surface area contributed by atoms with E-state index in [1.54, 1.807) is 13.9 Å². The first-order chi connectivity index (χ1) is 5.04. The van der Waals surface area contributed by atoms with Gasteiger partial charge in [0.25, 0.3) is 0 Å². The molecule has 2 nitrogen and oxygen atoms in total. The molecular formula is C6H9B3O2. The zero-order chi connectivity index (χ0) is 8.59. The van der Waals surface area contributed by atoms with Crippen molar-refractivity contribution < 1.29 is 10.2 Å². The van der Waals surface area contributed by atoms with E-state index in [1.165, 1.54) is 0 Å². The van der Waals surface area contributed by atoms with Crippen LogP contribution in [0.2, 0.25) is 0 Å². The molecule has 0 bridgehead atoms. The molecule has 1 aromatic rings. The van der Waals surface area contributed by atoms with Crippen LogP contribution < -0.4 is 16.4 Å². The van der Waals surface area contributed by atoms with Gasteiger partial charge in [0.2, 0.25) is 0 Å². The lowest BCUT2D eigenvalue weighted by molar-refractivity contribution is 0.464. The molecule has 0 spiro atoms. The number of hydrogen-bond acceptors (Lipinski definition) is 2. The molecular weight excluding hydrogens is 136 g/mol. The molecule has 0 aliphatic rings. The summed E-state index contributed by atoms with van der Waals surface area (Å²) in [7, 11) is 5.33. The second kappa shape index (κ2) is 2.57. The summed E-state index contributed by atoms with van der Waals surface area (Å²) < 4.78 is 0. The SMILES string of the molecule is Bc1cc(B)c(O)c(B)c1O. The molecule has 0 heterocycles. The Bertz CT molecular complexity index is 272. The van der Waals surface area contributed by atoms with Crippen LogP contribution in [-0.2, 0) is 0 Å². The summed E-state index contributed by atoms with van der Waals surface area (Å²) in [4.78, 5) is 0. The van der Waals surface area contributed by atoms with Crippen molar-refractivity contribution in [2.24, 2.45) is 0 Å². The predicted octanol–water partition coefficient (Wildman–Crippen LogP) is -4.13. The maximum atomic E-state index is 9.35. The van der Waals surface area contributed by atoms with Crippen molar-refractivity contribution in [1.29, 1.82) is 0 Å². The van der Waals surface area contributed by atoms with Crippen molar-refractivity contribution in [3.05, 3.63) is 6.07 Å². The number of hydrogen-bond donors (Lipinski definition) is 2. The largest absolute Gasteiger partial charge is 0.509 e. The van der Waals surface area contributed by atoms with Crippen LogP contribution >= 0.6 is 0 Å². The Morgan fingerprint density at radius 3 is 1.64 bits per heavy atom. The summed E-state index contributed by atoms with van der Waals surface area (Å²) in [6.45, 7) is 0. The monoisotopic (exact) mass is 146 g/mol. The normalized spacial score (nSPS) is 9.82. The zero-order valence-corrected chi connectivity index (χ0v) is 6.97. The Morgan fingerprint density at radius 1 is 0.909 bits per heavy atom. The molecule has 5 heteroatoms. The summed E-state index contributed by atoms with van der Waals surface area (Å²) >= 11 is 0. The minimum atomic E-state index is 0.188. The quantitative estimate of drug-likeness (QED) is 0.364. The molecule has 0 aromatic heterocycles. The Labute approximate surface area is 68.5 Å². The van der Waals surface area contributed by atoms with Gasteiger partial charge >= 0.3 is 0 Å². The number of rotatable bonds is 0. The molecule has 54 valence electrons. The fraction of sp³-hybridized carbons (Fsp3) is 0. The summed E-state index contributed by atoms with van der Waals surface area (Å²) in [5.74, 6) is 0.376. The maximum Gasteiger partial charge on any atom is 0.149 e. The third kappa shape index (κ3) is 1.23. The van der Waals surface area contributed by atoms with Crippen LogP contribution in [0.15, 0.2) is 6.07 Å². The summed E-state index contributed by atoms with van der Waals surface area (Å²) in [5, 5.41) is 18.7. The molecule has 0 unspecified atom stereocenters. The minimum Gasteiger partial charge on any atom is -0.509 e. The van der Waals surface area contributed by atoms with Crippen LogP contribution in [-0.4, -0.2) is 33.8 Å². The van der Waals surface area contributed by atoms with Crippen molar-refractivity contribution in [2.45, 2.75) is 0 Å². The maximum absolute atomic E-state index is 9.35. The van der Waals surface area contributed by atoms with E-state index in [4.69, 9.17) is 0 Å². The molecule has 0 aliphatic carbocycles. The van der Waals surface area contributed by atoms with E-state index in [9.17, 15) is 10.2 Å². The first-order valence-corrected chi connectivity index (χ1v) is 3.52. The van der Waals surface area contributed by atoms with Gasteiger partial charge in [-0.15, -0.1) is 0 Å². The number of phenolic OH excluding ortho intramolecular Hbond substituents is 2. The van der Waals surface area contributed by atoms with Crippen molar-refractivity contribution in [3.63, 3.8) is 0 Å². The van der Waals surface area contributed by atoms with Crippen molar-refractivity contribution in [3.8, 4) is 11.5 Å². The Kier molecular flexibility index (Phi) is 1.89. The first kappa shape index (κ1) is 8.11. The van der Waals surface area contributed by atoms with Gasteiger partial charge in [-0.3, -0.25) is 0 Å². The molecule has 2 N–H and O–H groups in total. The van der Waals surface area contributed by atoms with Gasteiger partial charge < -0.3 is 10.2 Å². The minimum absolute atomic E-state index is 0.188. The number of benzene rings is 1. The van der Waals surface area contributed by atoms with Crippen molar-refractivity contribution in [2.75, 3.05) is 0 Å². The van der Waals surface area contributed by atoms with E-state index in [-0.39, 0.29) is 11.5 Å². The number of aromatic hydroxyl groups is 2. The summed E-state index contributed by atoms with van der Waals surface area (Å²) in [6.07, 6.45) is 0. The first-order valence-electron chi connectivity index (χ1n) is 3.52. The molecule has 0 saturated carbocycles.